The largest absolute Gasteiger partial charge is 0.416 e. The number of halogens is 3. The molecule has 1 aliphatic heterocycles. The molecular formula is C29H29F3N8O. The van der Waals surface area contributed by atoms with Gasteiger partial charge in [-0.2, -0.15) is 23.3 Å². The topological polar surface area (TPSA) is 105 Å². The Hall–Kier alpha value is -4.47. The van der Waals surface area contributed by atoms with E-state index in [9.17, 15) is 18.0 Å². The van der Waals surface area contributed by atoms with E-state index < -0.39 is 17.6 Å². The number of likely N-dealkylation sites (N-methyl/N-ethyl adjacent to an activating group) is 1. The van der Waals surface area contributed by atoms with Gasteiger partial charge in [0.2, 0.25) is 5.95 Å². The number of rotatable bonds is 4. The quantitative estimate of drug-likeness (QED) is 0.366. The molecule has 12 heteroatoms. The number of nitrogens with two attached hydrogens (primary N) is 1. The zero-order valence-electron chi connectivity index (χ0n) is 22.9. The second kappa shape index (κ2) is 11.2. The van der Waals surface area contributed by atoms with Crippen LogP contribution in [0.25, 0.3) is 11.0 Å². The van der Waals surface area contributed by atoms with E-state index >= 15 is 0 Å². The van der Waals surface area contributed by atoms with Crippen molar-refractivity contribution >= 4 is 28.6 Å². The van der Waals surface area contributed by atoms with E-state index in [4.69, 9.17) is 5.73 Å². The van der Waals surface area contributed by atoms with Gasteiger partial charge in [0.25, 0.3) is 5.91 Å². The van der Waals surface area contributed by atoms with Crippen LogP contribution in [-0.2, 0) is 19.8 Å². The van der Waals surface area contributed by atoms with E-state index in [1.807, 2.05) is 18.9 Å². The maximum Gasteiger partial charge on any atom is 0.416 e. The lowest BCUT2D eigenvalue weighted by molar-refractivity contribution is -0.138. The molecule has 1 fully saturated rings. The van der Waals surface area contributed by atoms with E-state index in [0.29, 0.717) is 35.4 Å². The van der Waals surface area contributed by atoms with Crippen LogP contribution < -0.4 is 11.1 Å². The van der Waals surface area contributed by atoms with Crippen molar-refractivity contribution in [2.75, 3.05) is 44.3 Å². The van der Waals surface area contributed by atoms with E-state index in [2.05, 4.69) is 37.1 Å². The predicted molar refractivity (Wildman–Crippen MR) is 150 cm³/mol. The molecule has 9 nitrogen and oxygen atoms in total. The standard InChI is InChI=1S/C29H29F3N8O/c1-18-4-5-20(14-19(18)7-9-25-23-16-34-39(3)26(23)37-28(33)36-25)27(41)35-22-8-6-21(24(15-22)29(30,31)32)17-40-12-10-38(2)11-13-40/h4-6,8,14-16H,10-13,17H2,1-3H3,(H,35,41)(H2,33,36,37). The van der Waals surface area contributed by atoms with Gasteiger partial charge in [0.15, 0.2) is 5.65 Å². The summed E-state index contributed by atoms with van der Waals surface area (Å²) in [6.45, 7) is 5.04. The van der Waals surface area contributed by atoms with Crippen LogP contribution in [0.1, 0.15) is 38.3 Å². The molecule has 1 saturated heterocycles. The highest BCUT2D eigenvalue weighted by Gasteiger charge is 2.34. The highest BCUT2D eigenvalue weighted by Crippen LogP contribution is 2.34. The van der Waals surface area contributed by atoms with Crippen LogP contribution in [0.2, 0.25) is 0 Å². The third-order valence-corrected chi connectivity index (χ3v) is 7.09. The predicted octanol–water partition coefficient (Wildman–Crippen LogP) is 3.67. The number of carbonyl (C=O) groups is 1. The third kappa shape index (κ3) is 6.32. The number of amides is 1. The summed E-state index contributed by atoms with van der Waals surface area (Å²) in [6, 6.07) is 8.87. The molecule has 3 N–H and O–H groups in total. The summed E-state index contributed by atoms with van der Waals surface area (Å²) in [5.41, 5.74) is 7.88. The molecule has 5 rings (SSSR count). The molecule has 0 unspecified atom stereocenters. The molecule has 1 aliphatic rings. The first-order chi connectivity index (χ1) is 19.5. The van der Waals surface area contributed by atoms with Gasteiger partial charge < -0.3 is 16.0 Å². The summed E-state index contributed by atoms with van der Waals surface area (Å²) in [6.07, 6.45) is -2.96. The molecule has 41 heavy (non-hydrogen) atoms. The highest BCUT2D eigenvalue weighted by molar-refractivity contribution is 6.04. The molecule has 212 valence electrons. The van der Waals surface area contributed by atoms with Crippen molar-refractivity contribution in [3.8, 4) is 11.8 Å². The Kier molecular flexibility index (Phi) is 7.66. The normalized spacial score (nSPS) is 14.6. The SMILES string of the molecule is Cc1ccc(C(=O)Nc2ccc(CN3CCN(C)CC3)c(C(F)(F)F)c2)cc1C#Cc1nc(N)nc2c1cnn2C. The van der Waals surface area contributed by atoms with E-state index in [-0.39, 0.29) is 29.3 Å². The Morgan fingerprint density at radius 2 is 1.80 bits per heavy atom. The van der Waals surface area contributed by atoms with Crippen LogP contribution in [0.15, 0.2) is 42.6 Å². The molecule has 0 radical (unpaired) electrons. The average Bonchev–Trinajstić information content (AvgIpc) is 3.29. The number of nitrogen functional groups attached to an aromatic ring is 1. The van der Waals surface area contributed by atoms with Gasteiger partial charge in [-0.15, -0.1) is 0 Å². The lowest BCUT2D eigenvalue weighted by Gasteiger charge is -2.33. The summed E-state index contributed by atoms with van der Waals surface area (Å²) < 4.78 is 43.5. The number of hydrogen-bond acceptors (Lipinski definition) is 7. The second-order valence-electron chi connectivity index (χ2n) is 10.1. The zero-order chi connectivity index (χ0) is 29.3. The van der Waals surface area contributed by atoms with Crippen molar-refractivity contribution in [1.82, 2.24) is 29.5 Å². The van der Waals surface area contributed by atoms with Crippen LogP contribution in [0.3, 0.4) is 0 Å². The number of aryl methyl sites for hydroxylation is 2. The van der Waals surface area contributed by atoms with Gasteiger partial charge in [-0.3, -0.25) is 14.4 Å². The smallest absolute Gasteiger partial charge is 0.368 e. The Labute approximate surface area is 235 Å². The summed E-state index contributed by atoms with van der Waals surface area (Å²) in [7, 11) is 3.73. The third-order valence-electron chi connectivity index (χ3n) is 7.09. The van der Waals surface area contributed by atoms with Crippen molar-refractivity contribution < 1.29 is 18.0 Å². The van der Waals surface area contributed by atoms with E-state index in [1.165, 1.54) is 12.1 Å². The number of hydrogen-bond donors (Lipinski definition) is 2. The Balaban J connectivity index is 1.37. The van der Waals surface area contributed by atoms with Gasteiger partial charge in [-0.05, 0) is 55.3 Å². The fourth-order valence-electron chi connectivity index (χ4n) is 4.66. The first kappa shape index (κ1) is 28.1. The van der Waals surface area contributed by atoms with E-state index in [0.717, 1.165) is 24.7 Å². The molecular weight excluding hydrogens is 533 g/mol. The molecule has 2 aromatic heterocycles. The maximum atomic E-state index is 14.0. The number of carbonyl (C=O) groups excluding carboxylic acids is 1. The molecule has 2 aromatic carbocycles. The summed E-state index contributed by atoms with van der Waals surface area (Å²) in [5, 5.41) is 7.41. The fourth-order valence-corrected chi connectivity index (χ4v) is 4.66. The van der Waals surface area contributed by atoms with Crippen molar-refractivity contribution in [2.45, 2.75) is 19.6 Å². The number of anilines is 2. The zero-order valence-corrected chi connectivity index (χ0v) is 22.9. The molecule has 0 saturated carbocycles. The van der Waals surface area contributed by atoms with Gasteiger partial charge in [-0.1, -0.05) is 18.1 Å². The Bertz CT molecular complexity index is 1680. The van der Waals surface area contributed by atoms with Crippen LogP contribution >= 0.6 is 0 Å². The van der Waals surface area contributed by atoms with Crippen LogP contribution in [0.4, 0.5) is 24.8 Å². The van der Waals surface area contributed by atoms with Gasteiger partial charge in [-0.25, -0.2) is 4.98 Å². The van der Waals surface area contributed by atoms with Crippen LogP contribution in [-0.4, -0.2) is 68.7 Å². The summed E-state index contributed by atoms with van der Waals surface area (Å²) in [5.74, 6) is 5.52. The lowest BCUT2D eigenvalue weighted by Crippen LogP contribution is -2.44. The number of aromatic nitrogens is 4. The number of nitrogens with one attached hydrogen (secondary N) is 1. The minimum absolute atomic E-state index is 0.0584. The highest BCUT2D eigenvalue weighted by atomic mass is 19.4. The molecule has 4 aromatic rings. The van der Waals surface area contributed by atoms with Crippen molar-refractivity contribution in [3.05, 3.63) is 76.1 Å². The summed E-state index contributed by atoms with van der Waals surface area (Å²) >= 11 is 0. The number of piperazine rings is 1. The Morgan fingerprint density at radius 3 is 2.54 bits per heavy atom. The molecule has 1 amide bonds. The lowest BCUT2D eigenvalue weighted by atomic mass is 10.0. The molecule has 0 atom stereocenters. The first-order valence-corrected chi connectivity index (χ1v) is 13.0. The number of benzene rings is 2. The minimum atomic E-state index is -4.56. The van der Waals surface area contributed by atoms with Gasteiger partial charge >= 0.3 is 6.18 Å². The molecule has 0 bridgehead atoms. The van der Waals surface area contributed by atoms with Crippen molar-refractivity contribution in [2.24, 2.45) is 7.05 Å². The first-order valence-electron chi connectivity index (χ1n) is 13.0. The molecule has 3 heterocycles. The van der Waals surface area contributed by atoms with Gasteiger partial charge in [0, 0.05) is 56.6 Å². The van der Waals surface area contributed by atoms with E-state index in [1.54, 1.807) is 36.1 Å². The molecule has 0 aliphatic carbocycles. The van der Waals surface area contributed by atoms with Crippen LogP contribution in [0, 0.1) is 18.8 Å². The Morgan fingerprint density at radius 1 is 1.05 bits per heavy atom. The number of fused-ring (bicyclic) bond motifs is 1. The average molecular weight is 563 g/mol. The monoisotopic (exact) mass is 562 g/mol. The summed E-state index contributed by atoms with van der Waals surface area (Å²) in [4.78, 5) is 25.6. The number of alkyl halides is 3. The fraction of sp³-hybridized carbons (Fsp3) is 0.310. The maximum absolute atomic E-state index is 14.0. The second-order valence-corrected chi connectivity index (χ2v) is 10.1. The van der Waals surface area contributed by atoms with Crippen LogP contribution in [0.5, 0.6) is 0 Å². The number of nitrogens with zero attached hydrogens (tertiary/aromatic N) is 6. The van der Waals surface area contributed by atoms with Crippen molar-refractivity contribution in [1.29, 1.82) is 0 Å². The van der Waals surface area contributed by atoms with Crippen molar-refractivity contribution in [3.63, 3.8) is 0 Å². The molecule has 0 spiro atoms. The van der Waals surface area contributed by atoms with Gasteiger partial charge in [0.05, 0.1) is 17.1 Å². The minimum Gasteiger partial charge on any atom is -0.368 e. The van der Waals surface area contributed by atoms with Gasteiger partial charge in [0.1, 0.15) is 5.69 Å².